The molecule has 5 nitrogen and oxygen atoms in total. The van der Waals surface area contributed by atoms with Gasteiger partial charge in [-0.05, 0) is 34.1 Å². The van der Waals surface area contributed by atoms with Crippen molar-refractivity contribution in [2.24, 2.45) is 0 Å². The minimum atomic E-state index is -0.267. The van der Waals surface area contributed by atoms with E-state index in [1.165, 1.54) is 0 Å². The van der Waals surface area contributed by atoms with Gasteiger partial charge < -0.3 is 10.1 Å². The van der Waals surface area contributed by atoms with Gasteiger partial charge in [0.25, 0.3) is 5.91 Å². The van der Waals surface area contributed by atoms with E-state index in [0.29, 0.717) is 27.3 Å². The fraction of sp³-hybridized carbons (Fsp3) is 0.0556. The highest BCUT2D eigenvalue weighted by molar-refractivity contribution is 9.10. The van der Waals surface area contributed by atoms with Crippen molar-refractivity contribution in [3.8, 4) is 17.1 Å². The number of anilines is 1. The SMILES string of the molecule is COc1ccc(Br)c(C(=O)Nc2cnc(-c3ccccc3)nc2)c1. The van der Waals surface area contributed by atoms with E-state index in [0.717, 1.165) is 5.56 Å². The van der Waals surface area contributed by atoms with Crippen LogP contribution in [-0.4, -0.2) is 23.0 Å². The Kier molecular flexibility index (Phi) is 4.86. The molecule has 0 spiro atoms. The lowest BCUT2D eigenvalue weighted by molar-refractivity contribution is 0.102. The maximum atomic E-state index is 12.4. The minimum Gasteiger partial charge on any atom is -0.497 e. The van der Waals surface area contributed by atoms with Crippen LogP contribution in [0.4, 0.5) is 5.69 Å². The Morgan fingerprint density at radius 2 is 1.79 bits per heavy atom. The summed E-state index contributed by atoms with van der Waals surface area (Å²) >= 11 is 3.37. The maximum absolute atomic E-state index is 12.4. The second kappa shape index (κ2) is 7.23. The smallest absolute Gasteiger partial charge is 0.257 e. The molecule has 0 fully saturated rings. The van der Waals surface area contributed by atoms with Gasteiger partial charge in [0.15, 0.2) is 5.82 Å². The summed E-state index contributed by atoms with van der Waals surface area (Å²) in [5.74, 6) is 0.951. The summed E-state index contributed by atoms with van der Waals surface area (Å²) in [6.07, 6.45) is 3.17. The number of hydrogen-bond acceptors (Lipinski definition) is 4. The van der Waals surface area contributed by atoms with E-state index in [9.17, 15) is 4.79 Å². The van der Waals surface area contributed by atoms with Gasteiger partial charge in [-0.3, -0.25) is 4.79 Å². The van der Waals surface area contributed by atoms with Gasteiger partial charge in [-0.15, -0.1) is 0 Å². The van der Waals surface area contributed by atoms with Crippen molar-refractivity contribution < 1.29 is 9.53 Å². The lowest BCUT2D eigenvalue weighted by Crippen LogP contribution is -2.13. The Morgan fingerprint density at radius 3 is 2.46 bits per heavy atom. The summed E-state index contributed by atoms with van der Waals surface area (Å²) in [7, 11) is 1.56. The highest BCUT2D eigenvalue weighted by Crippen LogP contribution is 2.23. The van der Waals surface area contributed by atoms with E-state index in [2.05, 4.69) is 31.2 Å². The highest BCUT2D eigenvalue weighted by Gasteiger charge is 2.12. The highest BCUT2D eigenvalue weighted by atomic mass is 79.9. The van der Waals surface area contributed by atoms with Crippen LogP contribution in [0, 0.1) is 0 Å². The Morgan fingerprint density at radius 1 is 1.08 bits per heavy atom. The third kappa shape index (κ3) is 3.60. The first-order chi connectivity index (χ1) is 11.7. The number of amides is 1. The average molecular weight is 384 g/mol. The normalized spacial score (nSPS) is 10.2. The molecule has 3 aromatic rings. The Bertz CT molecular complexity index is 852. The van der Waals surface area contributed by atoms with Crippen LogP contribution in [0.3, 0.4) is 0 Å². The van der Waals surface area contributed by atoms with Gasteiger partial charge in [-0.1, -0.05) is 30.3 Å². The third-order valence-electron chi connectivity index (χ3n) is 3.36. The summed E-state index contributed by atoms with van der Waals surface area (Å²) in [4.78, 5) is 21.0. The average Bonchev–Trinajstić information content (AvgIpc) is 2.63. The fourth-order valence-corrected chi connectivity index (χ4v) is 2.56. The molecule has 1 heterocycles. The van der Waals surface area contributed by atoms with Gasteiger partial charge in [0, 0.05) is 10.0 Å². The van der Waals surface area contributed by atoms with E-state index < -0.39 is 0 Å². The topological polar surface area (TPSA) is 64.1 Å². The molecule has 0 saturated carbocycles. The van der Waals surface area contributed by atoms with Crippen LogP contribution >= 0.6 is 15.9 Å². The number of aromatic nitrogens is 2. The van der Waals surface area contributed by atoms with Crippen LogP contribution < -0.4 is 10.1 Å². The molecular formula is C18H14BrN3O2. The molecule has 6 heteroatoms. The molecule has 0 aliphatic heterocycles. The molecule has 0 atom stereocenters. The fourth-order valence-electron chi connectivity index (χ4n) is 2.13. The molecule has 0 aliphatic carbocycles. The van der Waals surface area contributed by atoms with Crippen LogP contribution in [0.25, 0.3) is 11.4 Å². The summed E-state index contributed by atoms with van der Waals surface area (Å²) in [6.45, 7) is 0. The maximum Gasteiger partial charge on any atom is 0.257 e. The zero-order valence-corrected chi connectivity index (χ0v) is 14.4. The first-order valence-electron chi connectivity index (χ1n) is 7.20. The summed E-state index contributed by atoms with van der Waals surface area (Å²) in [5.41, 5.74) is 1.92. The number of halogens is 1. The predicted octanol–water partition coefficient (Wildman–Crippen LogP) is 4.17. The van der Waals surface area contributed by atoms with Crippen LogP contribution in [0.15, 0.2) is 65.4 Å². The van der Waals surface area contributed by atoms with Crippen molar-refractivity contribution in [3.63, 3.8) is 0 Å². The van der Waals surface area contributed by atoms with E-state index in [1.54, 1.807) is 37.7 Å². The van der Waals surface area contributed by atoms with E-state index in [1.807, 2.05) is 30.3 Å². The molecule has 0 unspecified atom stereocenters. The number of methoxy groups -OCH3 is 1. The number of rotatable bonds is 4. The van der Waals surface area contributed by atoms with Crippen molar-refractivity contribution in [2.45, 2.75) is 0 Å². The van der Waals surface area contributed by atoms with Crippen LogP contribution in [0.5, 0.6) is 5.75 Å². The van der Waals surface area contributed by atoms with Crippen molar-refractivity contribution >= 4 is 27.5 Å². The van der Waals surface area contributed by atoms with Crippen LogP contribution in [0.2, 0.25) is 0 Å². The number of hydrogen-bond donors (Lipinski definition) is 1. The lowest BCUT2D eigenvalue weighted by atomic mass is 10.2. The number of benzene rings is 2. The Balaban J connectivity index is 1.78. The quantitative estimate of drug-likeness (QED) is 0.734. The minimum absolute atomic E-state index is 0.267. The monoisotopic (exact) mass is 383 g/mol. The molecule has 1 amide bonds. The molecule has 0 aliphatic rings. The van der Waals surface area contributed by atoms with Gasteiger partial charge in [0.2, 0.25) is 0 Å². The van der Waals surface area contributed by atoms with Crippen molar-refractivity contribution in [1.29, 1.82) is 0 Å². The molecule has 0 bridgehead atoms. The Labute approximate surface area is 147 Å². The summed E-state index contributed by atoms with van der Waals surface area (Å²) in [6, 6.07) is 14.9. The number of nitrogens with zero attached hydrogens (tertiary/aromatic N) is 2. The zero-order chi connectivity index (χ0) is 16.9. The Hall–Kier alpha value is -2.73. The molecule has 3 rings (SSSR count). The largest absolute Gasteiger partial charge is 0.497 e. The molecule has 2 aromatic carbocycles. The van der Waals surface area contributed by atoms with E-state index in [4.69, 9.17) is 4.74 Å². The lowest BCUT2D eigenvalue weighted by Gasteiger charge is -2.08. The molecule has 0 saturated heterocycles. The standard InChI is InChI=1S/C18H14BrN3O2/c1-24-14-7-8-16(19)15(9-14)18(23)22-13-10-20-17(21-11-13)12-5-3-2-4-6-12/h2-11H,1H3,(H,22,23). The van der Waals surface area contributed by atoms with E-state index in [-0.39, 0.29) is 5.91 Å². The molecule has 1 N–H and O–H groups in total. The van der Waals surface area contributed by atoms with Crippen LogP contribution in [0.1, 0.15) is 10.4 Å². The van der Waals surface area contributed by atoms with E-state index >= 15 is 0 Å². The molecular weight excluding hydrogens is 370 g/mol. The van der Waals surface area contributed by atoms with Gasteiger partial charge in [0.05, 0.1) is 30.8 Å². The molecule has 24 heavy (non-hydrogen) atoms. The summed E-state index contributed by atoms with van der Waals surface area (Å²) < 4.78 is 5.83. The number of carbonyl (C=O) groups is 1. The number of ether oxygens (including phenoxy) is 1. The second-order valence-electron chi connectivity index (χ2n) is 4.96. The second-order valence-corrected chi connectivity index (χ2v) is 5.82. The number of nitrogens with one attached hydrogen (secondary N) is 1. The molecule has 0 radical (unpaired) electrons. The van der Waals surface area contributed by atoms with Crippen molar-refractivity contribution in [2.75, 3.05) is 12.4 Å². The first kappa shape index (κ1) is 16.1. The van der Waals surface area contributed by atoms with Gasteiger partial charge in [0.1, 0.15) is 5.75 Å². The zero-order valence-electron chi connectivity index (χ0n) is 12.9. The van der Waals surface area contributed by atoms with Gasteiger partial charge in [-0.2, -0.15) is 0 Å². The first-order valence-corrected chi connectivity index (χ1v) is 7.99. The third-order valence-corrected chi connectivity index (χ3v) is 4.05. The van der Waals surface area contributed by atoms with Crippen molar-refractivity contribution in [1.82, 2.24) is 9.97 Å². The van der Waals surface area contributed by atoms with Crippen molar-refractivity contribution in [3.05, 3.63) is 71.0 Å². The molecule has 120 valence electrons. The summed E-state index contributed by atoms with van der Waals surface area (Å²) in [5, 5.41) is 2.78. The van der Waals surface area contributed by atoms with Gasteiger partial charge >= 0.3 is 0 Å². The number of carbonyl (C=O) groups excluding carboxylic acids is 1. The van der Waals surface area contributed by atoms with Crippen LogP contribution in [-0.2, 0) is 0 Å². The van der Waals surface area contributed by atoms with Gasteiger partial charge in [-0.25, -0.2) is 9.97 Å². The predicted molar refractivity (Wildman–Crippen MR) is 96.1 cm³/mol. The molecule has 1 aromatic heterocycles.